The van der Waals surface area contributed by atoms with Gasteiger partial charge in [0.2, 0.25) is 0 Å². The number of rotatable bonds is 6. The van der Waals surface area contributed by atoms with Gasteiger partial charge in [0.25, 0.3) is 0 Å². The van der Waals surface area contributed by atoms with Crippen LogP contribution >= 0.6 is 0 Å². The first-order valence-electron chi connectivity index (χ1n) is 6.95. The quantitative estimate of drug-likeness (QED) is 0.812. The van der Waals surface area contributed by atoms with Gasteiger partial charge in [-0.15, -0.1) is 0 Å². The van der Waals surface area contributed by atoms with Crippen molar-refractivity contribution in [2.45, 2.75) is 39.2 Å². The molecule has 1 N–H and O–H groups in total. The molecule has 2 fully saturated rings. The average Bonchev–Trinajstić information content (AvgIpc) is 3.19. The Labute approximate surface area is 104 Å². The molecule has 2 saturated carbocycles. The van der Waals surface area contributed by atoms with Gasteiger partial charge in [-0.05, 0) is 68.5 Å². The maximum atomic E-state index is 4.33. The van der Waals surface area contributed by atoms with Crippen molar-refractivity contribution in [3.05, 3.63) is 29.6 Å². The maximum absolute atomic E-state index is 4.33. The highest BCUT2D eigenvalue weighted by Gasteiger charge is 2.40. The van der Waals surface area contributed by atoms with Crippen molar-refractivity contribution in [2.24, 2.45) is 17.8 Å². The largest absolute Gasteiger partial charge is 0.312 e. The van der Waals surface area contributed by atoms with E-state index < -0.39 is 0 Å². The lowest BCUT2D eigenvalue weighted by molar-refractivity contribution is 0.378. The number of pyridine rings is 1. The number of aryl methyl sites for hydroxylation is 1. The van der Waals surface area contributed by atoms with Crippen LogP contribution in [0, 0.1) is 24.7 Å². The van der Waals surface area contributed by atoms with Gasteiger partial charge in [-0.1, -0.05) is 6.07 Å². The minimum atomic E-state index is 0.966. The van der Waals surface area contributed by atoms with Crippen molar-refractivity contribution in [3.63, 3.8) is 0 Å². The third-order valence-corrected chi connectivity index (χ3v) is 4.14. The third-order valence-electron chi connectivity index (χ3n) is 4.14. The Hall–Kier alpha value is -0.890. The summed E-state index contributed by atoms with van der Waals surface area (Å²) in [5.41, 5.74) is 2.41. The van der Waals surface area contributed by atoms with Crippen LogP contribution in [0.25, 0.3) is 0 Å². The number of aromatic nitrogens is 1. The van der Waals surface area contributed by atoms with Crippen LogP contribution in [-0.4, -0.2) is 11.5 Å². The second-order valence-electron chi connectivity index (χ2n) is 5.78. The van der Waals surface area contributed by atoms with Gasteiger partial charge in [-0.25, -0.2) is 0 Å². The van der Waals surface area contributed by atoms with Crippen LogP contribution < -0.4 is 5.32 Å². The number of nitrogens with one attached hydrogen (secondary N) is 1. The van der Waals surface area contributed by atoms with Gasteiger partial charge >= 0.3 is 0 Å². The number of hydrogen-bond acceptors (Lipinski definition) is 2. The molecule has 3 rings (SSSR count). The van der Waals surface area contributed by atoms with Crippen LogP contribution in [0.5, 0.6) is 0 Å². The zero-order valence-electron chi connectivity index (χ0n) is 10.7. The minimum Gasteiger partial charge on any atom is -0.312 e. The van der Waals surface area contributed by atoms with Crippen LogP contribution in [0.4, 0.5) is 0 Å². The van der Waals surface area contributed by atoms with E-state index in [1.54, 1.807) is 0 Å². The molecular weight excluding hydrogens is 208 g/mol. The van der Waals surface area contributed by atoms with Crippen molar-refractivity contribution in [1.82, 2.24) is 10.3 Å². The molecule has 0 spiro atoms. The summed E-state index contributed by atoms with van der Waals surface area (Å²) in [6.07, 6.45) is 7.92. The predicted molar refractivity (Wildman–Crippen MR) is 69.6 cm³/mol. The summed E-state index contributed by atoms with van der Waals surface area (Å²) < 4.78 is 0. The molecule has 2 aliphatic rings. The predicted octanol–water partition coefficient (Wildman–Crippen LogP) is 2.92. The molecule has 92 valence electrons. The van der Waals surface area contributed by atoms with E-state index in [9.17, 15) is 0 Å². The molecule has 1 aromatic rings. The molecular formula is C15H22N2. The molecule has 0 unspecified atom stereocenters. The highest BCUT2D eigenvalue weighted by atomic mass is 14.9. The molecule has 0 aliphatic heterocycles. The van der Waals surface area contributed by atoms with E-state index in [0.29, 0.717) is 0 Å². The number of hydrogen-bond donors (Lipinski definition) is 1. The van der Waals surface area contributed by atoms with Gasteiger partial charge in [0, 0.05) is 18.4 Å². The average molecular weight is 230 g/mol. The fourth-order valence-electron chi connectivity index (χ4n) is 2.75. The Morgan fingerprint density at radius 2 is 1.94 bits per heavy atom. The molecule has 0 amide bonds. The first-order valence-corrected chi connectivity index (χ1v) is 6.95. The Bertz CT molecular complexity index is 351. The lowest BCUT2D eigenvalue weighted by Crippen LogP contribution is -2.25. The zero-order valence-corrected chi connectivity index (χ0v) is 10.7. The van der Waals surface area contributed by atoms with E-state index in [1.807, 2.05) is 13.1 Å². The lowest BCUT2D eigenvalue weighted by atomic mass is 9.98. The van der Waals surface area contributed by atoms with E-state index in [-0.39, 0.29) is 0 Å². The van der Waals surface area contributed by atoms with Crippen LogP contribution in [-0.2, 0) is 6.54 Å². The smallest absolute Gasteiger partial charge is 0.0372 e. The molecule has 1 heterocycles. The zero-order chi connectivity index (χ0) is 11.7. The summed E-state index contributed by atoms with van der Waals surface area (Å²) >= 11 is 0. The Kier molecular flexibility index (Phi) is 3.15. The molecule has 2 nitrogen and oxygen atoms in total. The molecule has 0 bridgehead atoms. The standard InChI is InChI=1S/C15H22N2/c1-11-2-3-12(9-17-11)8-16-10-15(13-4-5-13)14-6-7-14/h2-3,9,13-16H,4-8,10H2,1H3. The Morgan fingerprint density at radius 3 is 2.47 bits per heavy atom. The second kappa shape index (κ2) is 4.77. The van der Waals surface area contributed by atoms with Gasteiger partial charge in [-0.3, -0.25) is 4.98 Å². The van der Waals surface area contributed by atoms with E-state index in [0.717, 1.165) is 30.0 Å². The summed E-state index contributed by atoms with van der Waals surface area (Å²) in [6.45, 7) is 4.22. The van der Waals surface area contributed by atoms with Crippen molar-refractivity contribution >= 4 is 0 Å². The van der Waals surface area contributed by atoms with E-state index in [2.05, 4.69) is 22.4 Å². The molecule has 0 radical (unpaired) electrons. The maximum Gasteiger partial charge on any atom is 0.0372 e. The highest BCUT2D eigenvalue weighted by molar-refractivity contribution is 5.12. The van der Waals surface area contributed by atoms with E-state index >= 15 is 0 Å². The summed E-state index contributed by atoms with van der Waals surface area (Å²) in [5.74, 6) is 3.06. The molecule has 1 aromatic heterocycles. The summed E-state index contributed by atoms with van der Waals surface area (Å²) in [6, 6.07) is 4.27. The SMILES string of the molecule is Cc1ccc(CNCC(C2CC2)C2CC2)cn1. The van der Waals surface area contributed by atoms with Gasteiger partial charge in [-0.2, -0.15) is 0 Å². The molecule has 17 heavy (non-hydrogen) atoms. The third kappa shape index (κ3) is 3.06. The van der Waals surface area contributed by atoms with E-state index in [1.165, 1.54) is 37.8 Å². The van der Waals surface area contributed by atoms with Gasteiger partial charge in [0.15, 0.2) is 0 Å². The fraction of sp³-hybridized carbons (Fsp3) is 0.667. The van der Waals surface area contributed by atoms with Crippen LogP contribution in [0.2, 0.25) is 0 Å². The van der Waals surface area contributed by atoms with Gasteiger partial charge < -0.3 is 5.32 Å². The van der Waals surface area contributed by atoms with Crippen molar-refractivity contribution in [1.29, 1.82) is 0 Å². The van der Waals surface area contributed by atoms with Crippen LogP contribution in [0.3, 0.4) is 0 Å². The molecule has 2 aliphatic carbocycles. The Balaban J connectivity index is 1.45. The molecule has 0 saturated heterocycles. The lowest BCUT2D eigenvalue weighted by Gasteiger charge is -2.16. The molecule has 2 heteroatoms. The van der Waals surface area contributed by atoms with Gasteiger partial charge in [0.1, 0.15) is 0 Å². The summed E-state index contributed by atoms with van der Waals surface area (Å²) in [5, 5.41) is 3.62. The first kappa shape index (κ1) is 11.2. The fourth-order valence-corrected chi connectivity index (χ4v) is 2.75. The van der Waals surface area contributed by atoms with Crippen LogP contribution in [0.1, 0.15) is 36.9 Å². The monoisotopic (exact) mass is 230 g/mol. The Morgan fingerprint density at radius 1 is 1.24 bits per heavy atom. The highest BCUT2D eigenvalue weighted by Crippen LogP contribution is 2.48. The summed E-state index contributed by atoms with van der Waals surface area (Å²) in [4.78, 5) is 4.33. The topological polar surface area (TPSA) is 24.9 Å². The van der Waals surface area contributed by atoms with Crippen LogP contribution in [0.15, 0.2) is 18.3 Å². The van der Waals surface area contributed by atoms with Crippen molar-refractivity contribution in [2.75, 3.05) is 6.54 Å². The summed E-state index contributed by atoms with van der Waals surface area (Å²) in [7, 11) is 0. The second-order valence-corrected chi connectivity index (χ2v) is 5.78. The molecule has 0 aromatic carbocycles. The van der Waals surface area contributed by atoms with Gasteiger partial charge in [0.05, 0.1) is 0 Å². The number of nitrogens with zero attached hydrogens (tertiary/aromatic N) is 1. The minimum absolute atomic E-state index is 0.966. The first-order chi connectivity index (χ1) is 8.33. The van der Waals surface area contributed by atoms with E-state index in [4.69, 9.17) is 0 Å². The van der Waals surface area contributed by atoms with Crippen molar-refractivity contribution < 1.29 is 0 Å². The normalized spacial score (nSPS) is 19.9. The molecule has 0 atom stereocenters. The van der Waals surface area contributed by atoms with Crippen molar-refractivity contribution in [3.8, 4) is 0 Å².